The molecule has 0 aromatic heterocycles. The van der Waals surface area contributed by atoms with Crippen LogP contribution in [0.3, 0.4) is 0 Å². The van der Waals surface area contributed by atoms with Gasteiger partial charge in [0.1, 0.15) is 12.2 Å². The highest BCUT2D eigenvalue weighted by molar-refractivity contribution is 7.89. The van der Waals surface area contributed by atoms with Gasteiger partial charge in [-0.25, -0.2) is 8.42 Å². The zero-order valence-corrected chi connectivity index (χ0v) is 23.7. The van der Waals surface area contributed by atoms with Gasteiger partial charge in [0, 0.05) is 12.6 Å². The van der Waals surface area contributed by atoms with E-state index in [2.05, 4.69) is 16.2 Å². The van der Waals surface area contributed by atoms with Crippen LogP contribution >= 0.6 is 12.2 Å². The molecule has 42 heavy (non-hydrogen) atoms. The molecule has 4 rings (SSSR count). The largest absolute Gasteiger partial charge is 0.480 e. The van der Waals surface area contributed by atoms with Crippen LogP contribution in [0.2, 0.25) is 0 Å². The third-order valence-corrected chi connectivity index (χ3v) is 8.18. The molecule has 0 bridgehead atoms. The molecule has 0 fully saturated rings. The van der Waals surface area contributed by atoms with E-state index in [9.17, 15) is 28.4 Å². The summed E-state index contributed by atoms with van der Waals surface area (Å²) < 4.78 is 27.5. The second-order valence-electron chi connectivity index (χ2n) is 9.07. The Morgan fingerprint density at radius 1 is 0.905 bits per heavy atom. The number of sulfonamides is 1. The average Bonchev–Trinajstić information content (AvgIpc) is 2.99. The molecular weight excluding hydrogens is 578 g/mol. The van der Waals surface area contributed by atoms with Gasteiger partial charge in [-0.05, 0) is 41.0 Å². The fourth-order valence-electron chi connectivity index (χ4n) is 4.18. The maximum Gasteiger partial charge on any atom is 0.318 e. The lowest BCUT2D eigenvalue weighted by Gasteiger charge is -2.22. The number of nitrogens with one attached hydrogen (secondary N) is 3. The van der Waals surface area contributed by atoms with Gasteiger partial charge in [-0.2, -0.15) is 4.31 Å². The number of carbonyl (C=O) groups is 1. The summed E-state index contributed by atoms with van der Waals surface area (Å²) >= 11 is 5.45. The number of hydrazine groups is 1. The van der Waals surface area contributed by atoms with Gasteiger partial charge in [-0.15, -0.1) is 0 Å². The molecule has 0 unspecified atom stereocenters. The quantitative estimate of drug-likeness (QED) is 0.103. The number of nitro groups is 1. The second kappa shape index (κ2) is 13.7. The molecular formula is C29H27N5O6S2. The van der Waals surface area contributed by atoms with Gasteiger partial charge in [0.25, 0.3) is 5.69 Å². The van der Waals surface area contributed by atoms with Crippen LogP contribution in [0, 0.1) is 10.1 Å². The SMILES string of the molecule is O=C(O)CN(Cc1ccccc1)S(=O)(=O)c1ccc(NNC(=S)NC(c2ccccc2)c2ccccc2)c([N+](=O)[O-])c1. The summed E-state index contributed by atoms with van der Waals surface area (Å²) in [6.07, 6.45) is 0. The van der Waals surface area contributed by atoms with E-state index in [1.54, 1.807) is 30.3 Å². The Labute approximate surface area is 248 Å². The van der Waals surface area contributed by atoms with Gasteiger partial charge in [-0.1, -0.05) is 91.0 Å². The lowest BCUT2D eigenvalue weighted by atomic mass is 9.99. The van der Waals surface area contributed by atoms with Crippen molar-refractivity contribution in [3.63, 3.8) is 0 Å². The standard InChI is InChI=1S/C29H27N5O6S2/c35-27(36)20-33(19-21-10-4-1-5-11-21)42(39,40)24-16-17-25(26(18-24)34(37)38)31-32-29(41)30-28(22-12-6-2-7-13-22)23-14-8-3-9-15-23/h1-18,28,31H,19-20H2,(H,35,36)(H2,30,32,41). The van der Waals surface area contributed by atoms with E-state index in [0.717, 1.165) is 21.5 Å². The molecule has 0 spiro atoms. The highest BCUT2D eigenvalue weighted by atomic mass is 32.2. The van der Waals surface area contributed by atoms with Crippen molar-refractivity contribution in [2.24, 2.45) is 0 Å². The van der Waals surface area contributed by atoms with E-state index in [-0.39, 0.29) is 23.4 Å². The van der Waals surface area contributed by atoms with Crippen LogP contribution < -0.4 is 16.2 Å². The molecule has 0 saturated carbocycles. The third kappa shape index (κ3) is 7.66. The van der Waals surface area contributed by atoms with E-state index in [1.165, 1.54) is 12.1 Å². The number of thiocarbonyl (C=S) groups is 1. The molecule has 0 aliphatic carbocycles. The maximum absolute atomic E-state index is 13.4. The monoisotopic (exact) mass is 605 g/mol. The van der Waals surface area contributed by atoms with E-state index in [4.69, 9.17) is 12.2 Å². The fourth-order valence-corrected chi connectivity index (χ4v) is 5.75. The molecule has 216 valence electrons. The first-order valence-electron chi connectivity index (χ1n) is 12.6. The zero-order chi connectivity index (χ0) is 30.1. The predicted molar refractivity (Wildman–Crippen MR) is 162 cm³/mol. The number of benzene rings is 4. The first kappa shape index (κ1) is 30.1. The van der Waals surface area contributed by atoms with Gasteiger partial charge in [-0.3, -0.25) is 25.8 Å². The van der Waals surface area contributed by atoms with Crippen molar-refractivity contribution in [3.8, 4) is 0 Å². The van der Waals surface area contributed by atoms with Crippen LogP contribution in [0.25, 0.3) is 0 Å². The third-order valence-electron chi connectivity index (χ3n) is 6.17. The molecule has 11 nitrogen and oxygen atoms in total. The normalized spacial score (nSPS) is 11.2. The maximum atomic E-state index is 13.4. The van der Waals surface area contributed by atoms with Crippen molar-refractivity contribution < 1.29 is 23.2 Å². The minimum Gasteiger partial charge on any atom is -0.480 e. The lowest BCUT2D eigenvalue weighted by molar-refractivity contribution is -0.384. The van der Waals surface area contributed by atoms with Gasteiger partial charge in [0.2, 0.25) is 10.0 Å². The van der Waals surface area contributed by atoms with Gasteiger partial charge >= 0.3 is 5.97 Å². The molecule has 13 heteroatoms. The number of anilines is 1. The highest BCUT2D eigenvalue weighted by Gasteiger charge is 2.29. The molecule has 4 aromatic rings. The molecule has 0 atom stereocenters. The Morgan fingerprint density at radius 2 is 1.45 bits per heavy atom. The van der Waals surface area contributed by atoms with Crippen LogP contribution in [-0.2, 0) is 21.4 Å². The molecule has 0 saturated heterocycles. The number of carboxylic acids is 1. The highest BCUT2D eigenvalue weighted by Crippen LogP contribution is 2.29. The smallest absolute Gasteiger partial charge is 0.318 e. The number of carboxylic acid groups (broad SMARTS) is 1. The summed E-state index contributed by atoms with van der Waals surface area (Å²) in [6.45, 7) is -1.05. The van der Waals surface area contributed by atoms with Crippen molar-refractivity contribution in [1.29, 1.82) is 0 Å². The number of hydrogen-bond acceptors (Lipinski definition) is 7. The fraction of sp³-hybridized carbons (Fsp3) is 0.103. The minimum atomic E-state index is -4.41. The first-order chi connectivity index (χ1) is 20.1. The van der Waals surface area contributed by atoms with Crippen molar-refractivity contribution in [2.45, 2.75) is 17.5 Å². The average molecular weight is 606 g/mol. The molecule has 0 heterocycles. The number of hydrogen-bond donors (Lipinski definition) is 4. The van der Waals surface area contributed by atoms with Crippen LogP contribution in [-0.4, -0.2) is 40.4 Å². The predicted octanol–water partition coefficient (Wildman–Crippen LogP) is 4.45. The second-order valence-corrected chi connectivity index (χ2v) is 11.4. The van der Waals surface area contributed by atoms with Gasteiger partial charge in [0.05, 0.1) is 15.9 Å². The Kier molecular flexibility index (Phi) is 9.81. The van der Waals surface area contributed by atoms with E-state index < -0.39 is 38.0 Å². The number of nitrogens with zero attached hydrogens (tertiary/aromatic N) is 2. The Morgan fingerprint density at radius 3 is 1.98 bits per heavy atom. The molecule has 0 amide bonds. The zero-order valence-electron chi connectivity index (χ0n) is 22.1. The summed E-state index contributed by atoms with van der Waals surface area (Å²) in [5.41, 5.74) is 7.26. The van der Waals surface area contributed by atoms with Crippen molar-refractivity contribution >= 4 is 44.7 Å². The Balaban J connectivity index is 1.54. The summed E-state index contributed by atoms with van der Waals surface area (Å²) in [5.74, 6) is -1.36. The Bertz CT molecular complexity index is 1620. The molecule has 0 radical (unpaired) electrons. The van der Waals surface area contributed by atoms with E-state index >= 15 is 0 Å². The van der Waals surface area contributed by atoms with E-state index in [1.807, 2.05) is 60.7 Å². The number of nitro benzene ring substituents is 1. The van der Waals surface area contributed by atoms with Crippen LogP contribution in [0.1, 0.15) is 22.7 Å². The summed E-state index contributed by atoms with van der Waals surface area (Å²) in [7, 11) is -4.41. The van der Waals surface area contributed by atoms with Crippen LogP contribution in [0.5, 0.6) is 0 Å². The molecule has 0 aliphatic rings. The van der Waals surface area contributed by atoms with Gasteiger partial charge in [0.15, 0.2) is 5.11 Å². The topological polar surface area (TPSA) is 154 Å². The van der Waals surface area contributed by atoms with Crippen LogP contribution in [0.4, 0.5) is 11.4 Å². The summed E-state index contributed by atoms with van der Waals surface area (Å²) in [5, 5.41) is 24.6. The molecule has 4 aromatic carbocycles. The minimum absolute atomic E-state index is 0.0492. The molecule has 4 N–H and O–H groups in total. The number of rotatable bonds is 12. The van der Waals surface area contributed by atoms with Crippen molar-refractivity contribution in [1.82, 2.24) is 15.0 Å². The first-order valence-corrected chi connectivity index (χ1v) is 14.5. The van der Waals surface area contributed by atoms with Crippen molar-refractivity contribution in [3.05, 3.63) is 136 Å². The molecule has 0 aliphatic heterocycles. The summed E-state index contributed by atoms with van der Waals surface area (Å²) in [4.78, 5) is 22.2. The summed E-state index contributed by atoms with van der Waals surface area (Å²) in [6, 6.07) is 30.6. The van der Waals surface area contributed by atoms with Crippen LogP contribution in [0.15, 0.2) is 114 Å². The Hall–Kier alpha value is -4.85. The van der Waals surface area contributed by atoms with E-state index in [0.29, 0.717) is 5.56 Å². The number of aliphatic carboxylic acids is 1. The van der Waals surface area contributed by atoms with Crippen molar-refractivity contribution in [2.75, 3.05) is 12.0 Å². The van der Waals surface area contributed by atoms with Gasteiger partial charge < -0.3 is 10.4 Å². The lowest BCUT2D eigenvalue weighted by Crippen LogP contribution is -2.41.